The average molecular weight is 288 g/mol. The molecular weight excluding hydrogens is 271 g/mol. The number of benzene rings is 2. The fourth-order valence-electron chi connectivity index (χ4n) is 1.94. The van der Waals surface area contributed by atoms with Gasteiger partial charge in [0.25, 0.3) is 0 Å². The van der Waals surface area contributed by atoms with Gasteiger partial charge < -0.3 is 0 Å². The van der Waals surface area contributed by atoms with Crippen molar-refractivity contribution in [3.8, 4) is 23.7 Å². The van der Waals surface area contributed by atoms with Crippen molar-refractivity contribution in [1.29, 1.82) is 0 Å². The van der Waals surface area contributed by atoms with E-state index < -0.39 is 0 Å². The first-order chi connectivity index (χ1) is 10.7. The number of allylic oxidation sites excluding steroid dienone is 1. The van der Waals surface area contributed by atoms with E-state index in [1.54, 1.807) is 18.2 Å². The standard InChI is InChI=1S/C21H17F/c1-3-5-17-7-9-18(10-8-17)11-12-19-13-15-20(16-14-19)21(22)6-4-2/h6-10,13-16H,4H2,1-2H3/b21-6+. The SMILES string of the molecule is CC#Cc1ccc(C#Cc2ccc(/C(F)=C\CC)cc2)cc1. The Kier molecular flexibility index (Phi) is 5.58. The largest absolute Gasteiger partial charge is 0.207 e. The van der Waals surface area contributed by atoms with Crippen molar-refractivity contribution in [2.24, 2.45) is 0 Å². The van der Waals surface area contributed by atoms with Crippen LogP contribution in [0.2, 0.25) is 0 Å². The Labute approximate surface area is 131 Å². The van der Waals surface area contributed by atoms with Crippen molar-refractivity contribution in [3.63, 3.8) is 0 Å². The molecule has 0 unspecified atom stereocenters. The van der Waals surface area contributed by atoms with Crippen molar-refractivity contribution in [2.75, 3.05) is 0 Å². The van der Waals surface area contributed by atoms with E-state index >= 15 is 0 Å². The third-order valence-electron chi connectivity index (χ3n) is 3.05. The van der Waals surface area contributed by atoms with Crippen LogP contribution in [0.3, 0.4) is 0 Å². The van der Waals surface area contributed by atoms with Crippen LogP contribution >= 0.6 is 0 Å². The van der Waals surface area contributed by atoms with E-state index in [1.165, 1.54) is 0 Å². The summed E-state index contributed by atoms with van der Waals surface area (Å²) in [6.07, 6.45) is 2.26. The van der Waals surface area contributed by atoms with E-state index in [2.05, 4.69) is 23.7 Å². The Morgan fingerprint density at radius 2 is 1.32 bits per heavy atom. The van der Waals surface area contributed by atoms with Crippen molar-refractivity contribution in [3.05, 3.63) is 76.9 Å². The van der Waals surface area contributed by atoms with E-state index in [4.69, 9.17) is 0 Å². The van der Waals surface area contributed by atoms with Crippen LogP contribution in [-0.2, 0) is 0 Å². The molecule has 0 heterocycles. The van der Waals surface area contributed by atoms with Crippen LogP contribution < -0.4 is 0 Å². The lowest BCUT2D eigenvalue weighted by atomic mass is 10.1. The molecule has 22 heavy (non-hydrogen) atoms. The monoisotopic (exact) mass is 288 g/mol. The highest BCUT2D eigenvalue weighted by atomic mass is 19.1. The molecule has 0 N–H and O–H groups in total. The highest BCUT2D eigenvalue weighted by Crippen LogP contribution is 2.16. The van der Waals surface area contributed by atoms with E-state index in [-0.39, 0.29) is 5.83 Å². The second kappa shape index (κ2) is 7.87. The summed E-state index contributed by atoms with van der Waals surface area (Å²) in [6.45, 7) is 3.73. The molecule has 0 fully saturated rings. The second-order valence-electron chi connectivity index (χ2n) is 4.74. The predicted octanol–water partition coefficient (Wildman–Crippen LogP) is 5.18. The predicted molar refractivity (Wildman–Crippen MR) is 90.8 cm³/mol. The van der Waals surface area contributed by atoms with E-state index in [0.717, 1.165) is 16.7 Å². The van der Waals surface area contributed by atoms with Gasteiger partial charge in [0.15, 0.2) is 0 Å². The topological polar surface area (TPSA) is 0 Å². The minimum Gasteiger partial charge on any atom is -0.207 e. The van der Waals surface area contributed by atoms with Crippen LogP contribution in [0.1, 0.15) is 42.5 Å². The first-order valence-electron chi connectivity index (χ1n) is 7.24. The summed E-state index contributed by atoms with van der Waals surface area (Å²) in [5.74, 6) is 11.9. The van der Waals surface area contributed by atoms with Crippen LogP contribution in [0, 0.1) is 23.7 Å². The molecule has 2 aromatic carbocycles. The highest BCUT2D eigenvalue weighted by Gasteiger charge is 1.98. The molecule has 0 aromatic heterocycles. The first-order valence-corrected chi connectivity index (χ1v) is 7.24. The Morgan fingerprint density at radius 3 is 1.77 bits per heavy atom. The molecule has 0 amide bonds. The smallest absolute Gasteiger partial charge is 0.126 e. The Hall–Kier alpha value is -2.77. The Balaban J connectivity index is 2.14. The maximum Gasteiger partial charge on any atom is 0.126 e. The molecule has 2 aromatic rings. The summed E-state index contributed by atoms with van der Waals surface area (Å²) in [5.41, 5.74) is 3.37. The highest BCUT2D eigenvalue weighted by molar-refractivity contribution is 5.60. The molecular formula is C21H17F. The third kappa shape index (κ3) is 4.37. The van der Waals surface area contributed by atoms with E-state index in [1.807, 2.05) is 50.2 Å². The number of halogens is 1. The summed E-state index contributed by atoms with van der Waals surface area (Å²) in [5, 5.41) is 0. The van der Waals surface area contributed by atoms with Crippen LogP contribution in [-0.4, -0.2) is 0 Å². The van der Waals surface area contributed by atoms with E-state index in [0.29, 0.717) is 12.0 Å². The molecule has 0 aliphatic rings. The van der Waals surface area contributed by atoms with Gasteiger partial charge in [0.05, 0.1) is 0 Å². The zero-order chi connectivity index (χ0) is 15.8. The van der Waals surface area contributed by atoms with Crippen molar-refractivity contribution >= 4 is 5.83 Å². The zero-order valence-electron chi connectivity index (χ0n) is 12.8. The van der Waals surface area contributed by atoms with Gasteiger partial charge in [0.1, 0.15) is 5.83 Å². The van der Waals surface area contributed by atoms with Gasteiger partial charge >= 0.3 is 0 Å². The lowest BCUT2D eigenvalue weighted by Crippen LogP contribution is -1.81. The summed E-state index contributed by atoms with van der Waals surface area (Å²) >= 11 is 0. The fourth-order valence-corrected chi connectivity index (χ4v) is 1.94. The van der Waals surface area contributed by atoms with Gasteiger partial charge in [-0.1, -0.05) is 36.8 Å². The number of rotatable bonds is 2. The maximum atomic E-state index is 13.6. The maximum absolute atomic E-state index is 13.6. The fraction of sp³-hybridized carbons (Fsp3) is 0.143. The molecule has 2 rings (SSSR count). The molecule has 1 heteroatoms. The lowest BCUT2D eigenvalue weighted by Gasteiger charge is -1.97. The van der Waals surface area contributed by atoms with E-state index in [9.17, 15) is 4.39 Å². The zero-order valence-corrected chi connectivity index (χ0v) is 12.8. The first kappa shape index (κ1) is 15.6. The molecule has 0 saturated heterocycles. The molecule has 0 spiro atoms. The summed E-state index contributed by atoms with van der Waals surface area (Å²) in [6, 6.07) is 15.0. The lowest BCUT2D eigenvalue weighted by molar-refractivity contribution is 0.755. The van der Waals surface area contributed by atoms with Gasteiger partial charge in [-0.2, -0.15) is 0 Å². The molecule has 0 nitrogen and oxygen atoms in total. The van der Waals surface area contributed by atoms with Crippen molar-refractivity contribution in [1.82, 2.24) is 0 Å². The summed E-state index contributed by atoms with van der Waals surface area (Å²) < 4.78 is 13.6. The minimum absolute atomic E-state index is 0.186. The molecule has 0 aliphatic carbocycles. The molecule has 0 atom stereocenters. The molecule has 108 valence electrons. The van der Waals surface area contributed by atoms with Crippen molar-refractivity contribution < 1.29 is 4.39 Å². The summed E-state index contributed by atoms with van der Waals surface area (Å²) in [7, 11) is 0. The third-order valence-corrected chi connectivity index (χ3v) is 3.05. The van der Waals surface area contributed by atoms with Crippen LogP contribution in [0.5, 0.6) is 0 Å². The van der Waals surface area contributed by atoms with Gasteiger partial charge in [-0.3, -0.25) is 0 Å². The Morgan fingerprint density at radius 1 is 0.864 bits per heavy atom. The van der Waals surface area contributed by atoms with Crippen LogP contribution in [0.15, 0.2) is 54.6 Å². The second-order valence-corrected chi connectivity index (χ2v) is 4.74. The van der Waals surface area contributed by atoms with Crippen LogP contribution in [0.4, 0.5) is 4.39 Å². The van der Waals surface area contributed by atoms with Gasteiger partial charge in [-0.05, 0) is 55.8 Å². The van der Waals surface area contributed by atoms with Crippen molar-refractivity contribution in [2.45, 2.75) is 20.3 Å². The number of hydrogen-bond acceptors (Lipinski definition) is 0. The molecule has 0 saturated carbocycles. The molecule has 0 radical (unpaired) electrons. The van der Waals surface area contributed by atoms with Crippen LogP contribution in [0.25, 0.3) is 5.83 Å². The molecule has 0 aliphatic heterocycles. The average Bonchev–Trinajstić information content (AvgIpc) is 2.55. The molecule has 0 bridgehead atoms. The van der Waals surface area contributed by atoms with Gasteiger partial charge in [-0.15, -0.1) is 5.92 Å². The van der Waals surface area contributed by atoms with Gasteiger partial charge in [0, 0.05) is 22.3 Å². The Bertz CT molecular complexity index is 770. The van der Waals surface area contributed by atoms with Gasteiger partial charge in [0.2, 0.25) is 0 Å². The van der Waals surface area contributed by atoms with Gasteiger partial charge in [-0.25, -0.2) is 4.39 Å². The normalized spacial score (nSPS) is 10.2. The quantitative estimate of drug-likeness (QED) is 0.668. The number of hydrogen-bond donors (Lipinski definition) is 0. The summed E-state index contributed by atoms with van der Waals surface area (Å²) in [4.78, 5) is 0. The minimum atomic E-state index is -0.186.